The highest BCUT2D eigenvalue weighted by molar-refractivity contribution is 6.26. The van der Waals surface area contributed by atoms with Gasteiger partial charge < -0.3 is 45.8 Å². The summed E-state index contributed by atoms with van der Waals surface area (Å²) in [5, 5.41) is 37.3. The van der Waals surface area contributed by atoms with E-state index in [9.17, 15) is 9.18 Å². The zero-order chi connectivity index (χ0) is 26.3. The Morgan fingerprint density at radius 1 is 1.00 bits per heavy atom. The molecule has 0 heterocycles. The van der Waals surface area contributed by atoms with Crippen LogP contribution in [0.25, 0.3) is 0 Å². The minimum absolute atomic E-state index is 0.238. The third-order valence-electron chi connectivity index (χ3n) is 3.48. The number of carbonyl (C=O) groups is 5. The van der Waals surface area contributed by atoms with Gasteiger partial charge >= 0.3 is 18.0 Å². The Morgan fingerprint density at radius 2 is 1.50 bits per heavy atom. The minimum atomic E-state index is -2.07. The Labute approximate surface area is 191 Å². The minimum Gasteiger partial charge on any atom is -0.539 e. The van der Waals surface area contributed by atoms with Gasteiger partial charge in [-0.1, -0.05) is 12.1 Å². The van der Waals surface area contributed by atoms with E-state index in [1.54, 1.807) is 25.1 Å². The van der Waals surface area contributed by atoms with Crippen LogP contribution in [0.1, 0.15) is 12.5 Å². The molecule has 0 aliphatic heterocycles. The Balaban J connectivity index is 0.000000750. The molecule has 0 fully saturated rings. The third kappa shape index (κ3) is 13.0. The number of carboxylic acid groups (broad SMARTS) is 4. The monoisotopic (exact) mass is 483 g/mol. The fourth-order valence-electron chi connectivity index (χ4n) is 2.00. The van der Waals surface area contributed by atoms with Crippen LogP contribution in [-0.2, 0) is 30.5 Å². The summed E-state index contributed by atoms with van der Waals surface area (Å²) in [6.45, 7) is 2.77. The summed E-state index contributed by atoms with van der Waals surface area (Å²) in [5.74, 6) is -8.26. The lowest BCUT2D eigenvalue weighted by Gasteiger charge is -2.07. The Bertz CT molecular complexity index is 964. The number of anilines is 1. The fraction of sp³-hybridized carbons (Fsp3) is 0.150. The van der Waals surface area contributed by atoms with E-state index in [0.717, 1.165) is 11.3 Å². The molecule has 13 nitrogen and oxygen atoms in total. The third-order valence-corrected chi connectivity index (χ3v) is 3.48. The molecule has 0 atom stereocenters. The van der Waals surface area contributed by atoms with Gasteiger partial charge in [-0.15, -0.1) is 0 Å². The first-order valence-corrected chi connectivity index (χ1v) is 9.23. The van der Waals surface area contributed by atoms with Gasteiger partial charge in [0.15, 0.2) is 17.6 Å². The molecular weight excluding hydrogens is 461 g/mol. The highest BCUT2D eigenvalue weighted by atomic mass is 19.1. The first kappa shape index (κ1) is 29.4. The molecule has 14 heteroatoms. The molecule has 0 unspecified atom stereocenters. The predicted octanol–water partition coefficient (Wildman–Crippen LogP) is -2.70. The summed E-state index contributed by atoms with van der Waals surface area (Å²) < 4.78 is 17.7. The maximum atomic E-state index is 12.8. The van der Waals surface area contributed by atoms with Gasteiger partial charge in [-0.2, -0.15) is 0 Å². The SMILES string of the molecule is CCOC(=O)Nc1ccc([NH2+]Cc2ccc(F)cc2)cc1[NH3+].O=C([O-])C(=O)O.O=C([O-])C(=O)O. The normalized spacial score (nSPS) is 9.26. The van der Waals surface area contributed by atoms with Crippen molar-refractivity contribution >= 4 is 47.0 Å². The van der Waals surface area contributed by atoms with Gasteiger partial charge in [0.05, 0.1) is 12.7 Å². The van der Waals surface area contributed by atoms with Crippen molar-refractivity contribution in [3.05, 3.63) is 53.8 Å². The molecular formula is C20H22FN3O10. The molecule has 1 amide bonds. The maximum absolute atomic E-state index is 12.8. The number of aliphatic carboxylic acids is 4. The molecule has 0 radical (unpaired) electrons. The molecule has 0 aromatic heterocycles. The molecule has 0 bridgehead atoms. The number of rotatable bonds is 5. The van der Waals surface area contributed by atoms with Crippen LogP contribution in [0, 0.1) is 5.82 Å². The number of quaternary nitrogens is 2. The van der Waals surface area contributed by atoms with E-state index in [2.05, 4.69) is 11.1 Å². The van der Waals surface area contributed by atoms with Crippen LogP contribution in [0.5, 0.6) is 0 Å². The van der Waals surface area contributed by atoms with E-state index >= 15 is 0 Å². The van der Waals surface area contributed by atoms with Gasteiger partial charge in [0.1, 0.15) is 23.7 Å². The van der Waals surface area contributed by atoms with Crippen molar-refractivity contribution in [3.63, 3.8) is 0 Å². The number of hydrogen-bond donors (Lipinski definition) is 5. The van der Waals surface area contributed by atoms with Gasteiger partial charge in [-0.3, -0.25) is 5.32 Å². The van der Waals surface area contributed by atoms with Crippen LogP contribution < -0.4 is 26.6 Å². The standard InChI is InChI=1S/C16H18FN3O2.2C2H2O4/c1-2-22-16(21)20-15-8-7-13(9-14(15)18)19-10-11-3-5-12(17)6-4-11;2*3-1(4)2(5)6/h3-9,19H,2,10,18H2,1H3,(H,20,21);2*(H,3,4)(H,5,6). The first-order valence-electron chi connectivity index (χ1n) is 9.23. The number of carboxylic acids is 4. The van der Waals surface area contributed by atoms with Crippen LogP contribution in [0.2, 0.25) is 0 Å². The van der Waals surface area contributed by atoms with Crippen molar-refractivity contribution in [2.75, 3.05) is 11.9 Å². The van der Waals surface area contributed by atoms with Gasteiger partial charge in [-0.05, 0) is 25.1 Å². The summed E-state index contributed by atoms with van der Waals surface area (Å²) in [4.78, 5) is 47.4. The lowest BCUT2D eigenvalue weighted by atomic mass is 10.2. The smallest absolute Gasteiger partial charge is 0.411 e. The molecule has 2 aromatic carbocycles. The Morgan fingerprint density at radius 3 is 1.91 bits per heavy atom. The number of halogens is 1. The van der Waals surface area contributed by atoms with Crippen LogP contribution in [0.4, 0.5) is 26.2 Å². The second kappa shape index (κ2) is 15.3. The number of nitrogens with one attached hydrogen (secondary N) is 1. The molecule has 2 aromatic rings. The van der Waals surface area contributed by atoms with Crippen molar-refractivity contribution in [2.45, 2.75) is 13.5 Å². The molecule has 0 aliphatic carbocycles. The van der Waals surface area contributed by atoms with Gasteiger partial charge in [0, 0.05) is 11.6 Å². The summed E-state index contributed by atoms with van der Waals surface area (Å²) in [5.41, 5.74) is 7.27. The summed E-state index contributed by atoms with van der Waals surface area (Å²) >= 11 is 0. The number of carbonyl (C=O) groups excluding carboxylic acids is 3. The number of amides is 1. The van der Waals surface area contributed by atoms with E-state index in [4.69, 9.17) is 44.3 Å². The average molecular weight is 483 g/mol. The van der Waals surface area contributed by atoms with Crippen LogP contribution >= 0.6 is 0 Å². The Kier molecular flexibility index (Phi) is 13.2. The molecule has 2 rings (SSSR count). The number of nitrogens with two attached hydrogens (primary N) is 1. The lowest BCUT2D eigenvalue weighted by Crippen LogP contribution is -2.76. The van der Waals surface area contributed by atoms with Crippen molar-refractivity contribution in [1.29, 1.82) is 0 Å². The van der Waals surface area contributed by atoms with E-state index in [1.165, 1.54) is 12.1 Å². The molecule has 0 saturated heterocycles. The molecule has 184 valence electrons. The molecule has 0 saturated carbocycles. The summed E-state index contributed by atoms with van der Waals surface area (Å²) in [6.07, 6.45) is -0.490. The van der Waals surface area contributed by atoms with E-state index in [-0.39, 0.29) is 5.82 Å². The van der Waals surface area contributed by atoms with Crippen LogP contribution in [0.3, 0.4) is 0 Å². The zero-order valence-electron chi connectivity index (χ0n) is 17.8. The van der Waals surface area contributed by atoms with Crippen molar-refractivity contribution in [2.24, 2.45) is 0 Å². The highest BCUT2D eigenvalue weighted by Gasteiger charge is 2.10. The van der Waals surface area contributed by atoms with Crippen LogP contribution in [0.15, 0.2) is 42.5 Å². The van der Waals surface area contributed by atoms with E-state index < -0.39 is 30.0 Å². The van der Waals surface area contributed by atoms with Gasteiger partial charge in [-0.25, -0.2) is 18.8 Å². The number of hydrogen-bond acceptors (Lipinski definition) is 8. The molecule has 34 heavy (non-hydrogen) atoms. The van der Waals surface area contributed by atoms with Crippen LogP contribution in [-0.4, -0.2) is 46.8 Å². The summed E-state index contributed by atoms with van der Waals surface area (Å²) in [6, 6.07) is 12.0. The van der Waals surface area contributed by atoms with Gasteiger partial charge in [0.2, 0.25) is 0 Å². The Hall–Kier alpha value is -4.56. The molecule has 8 N–H and O–H groups in total. The first-order chi connectivity index (χ1) is 15.9. The van der Waals surface area contributed by atoms with Crippen molar-refractivity contribution in [3.8, 4) is 0 Å². The lowest BCUT2D eigenvalue weighted by molar-refractivity contribution is -0.588. The highest BCUT2D eigenvalue weighted by Crippen LogP contribution is 2.19. The fourth-order valence-corrected chi connectivity index (χ4v) is 2.00. The van der Waals surface area contributed by atoms with E-state index in [0.29, 0.717) is 24.5 Å². The summed E-state index contributed by atoms with van der Waals surface area (Å²) in [7, 11) is 0. The van der Waals surface area contributed by atoms with Crippen molar-refractivity contribution in [1.82, 2.24) is 0 Å². The maximum Gasteiger partial charge on any atom is 0.411 e. The molecule has 0 aliphatic rings. The predicted molar refractivity (Wildman–Crippen MR) is 107 cm³/mol. The topological polar surface area (TPSA) is 237 Å². The second-order valence-corrected chi connectivity index (χ2v) is 5.98. The second-order valence-electron chi connectivity index (χ2n) is 5.98. The largest absolute Gasteiger partial charge is 0.539 e. The quantitative estimate of drug-likeness (QED) is 0.218. The zero-order valence-corrected chi connectivity index (χ0v) is 17.8. The van der Waals surface area contributed by atoms with Crippen molar-refractivity contribution < 1.29 is 64.6 Å². The van der Waals surface area contributed by atoms with E-state index in [1.807, 2.05) is 17.4 Å². The van der Waals surface area contributed by atoms with Gasteiger partial charge in [0.25, 0.3) is 0 Å². The average Bonchev–Trinajstić information content (AvgIpc) is 2.76. The number of ether oxygens (including phenoxy) is 1. The number of benzene rings is 2. The molecule has 0 spiro atoms.